The van der Waals surface area contributed by atoms with Gasteiger partial charge in [-0.05, 0) is 38.0 Å². The minimum atomic E-state index is 0.0952. The molecule has 5 nitrogen and oxygen atoms in total. The van der Waals surface area contributed by atoms with Crippen LogP contribution < -0.4 is 10.6 Å². The van der Waals surface area contributed by atoms with Crippen molar-refractivity contribution in [1.29, 1.82) is 0 Å². The first-order chi connectivity index (χ1) is 10.2. The fourth-order valence-corrected chi connectivity index (χ4v) is 2.30. The monoisotopic (exact) mass is 288 g/mol. The van der Waals surface area contributed by atoms with Crippen LogP contribution in [-0.2, 0) is 6.54 Å². The molecule has 1 aromatic carbocycles. The van der Waals surface area contributed by atoms with Crippen molar-refractivity contribution in [2.24, 2.45) is 4.99 Å². The number of carbonyl (C=O) groups is 1. The van der Waals surface area contributed by atoms with E-state index in [-0.39, 0.29) is 5.91 Å². The second kappa shape index (κ2) is 7.67. The van der Waals surface area contributed by atoms with Crippen molar-refractivity contribution in [1.82, 2.24) is 15.5 Å². The first-order valence-electron chi connectivity index (χ1n) is 7.65. The second-order valence-corrected chi connectivity index (χ2v) is 5.04. The first-order valence-corrected chi connectivity index (χ1v) is 7.65. The standard InChI is InChI=1S/C16H24N4O/c1-3-20(4-2)15(21)14-8-6-13(7-9-14)12-19-16-17-10-5-11-18-16/h6-9H,3-5,10-12H2,1-2H3,(H2,17,18,19). The van der Waals surface area contributed by atoms with Crippen molar-refractivity contribution in [2.45, 2.75) is 26.8 Å². The van der Waals surface area contributed by atoms with Gasteiger partial charge < -0.3 is 15.5 Å². The lowest BCUT2D eigenvalue weighted by molar-refractivity contribution is 0.0773. The fourth-order valence-electron chi connectivity index (χ4n) is 2.30. The Kier molecular flexibility index (Phi) is 5.60. The molecule has 5 heteroatoms. The highest BCUT2D eigenvalue weighted by molar-refractivity contribution is 5.94. The van der Waals surface area contributed by atoms with Crippen molar-refractivity contribution >= 4 is 11.9 Å². The number of nitrogens with zero attached hydrogens (tertiary/aromatic N) is 2. The third kappa shape index (κ3) is 4.21. The number of rotatable bonds is 5. The number of hydrogen-bond donors (Lipinski definition) is 2. The largest absolute Gasteiger partial charge is 0.356 e. The van der Waals surface area contributed by atoms with Crippen LogP contribution in [-0.4, -0.2) is 42.9 Å². The van der Waals surface area contributed by atoms with Gasteiger partial charge in [0.25, 0.3) is 5.91 Å². The summed E-state index contributed by atoms with van der Waals surface area (Å²) in [6.07, 6.45) is 1.09. The van der Waals surface area contributed by atoms with Crippen molar-refractivity contribution in [3.8, 4) is 0 Å². The van der Waals surface area contributed by atoms with Gasteiger partial charge in [0, 0.05) is 38.3 Å². The molecule has 0 spiro atoms. The molecular weight excluding hydrogens is 264 g/mol. The summed E-state index contributed by atoms with van der Waals surface area (Å²) in [7, 11) is 0. The van der Waals surface area contributed by atoms with E-state index in [0.29, 0.717) is 6.54 Å². The maximum absolute atomic E-state index is 12.2. The van der Waals surface area contributed by atoms with Crippen molar-refractivity contribution < 1.29 is 4.79 Å². The van der Waals surface area contributed by atoms with Crippen LogP contribution >= 0.6 is 0 Å². The quantitative estimate of drug-likeness (QED) is 0.865. The number of aliphatic imine (C=N–C) groups is 1. The molecule has 1 amide bonds. The summed E-state index contributed by atoms with van der Waals surface area (Å²) < 4.78 is 0. The van der Waals surface area contributed by atoms with E-state index in [2.05, 4.69) is 15.6 Å². The van der Waals surface area contributed by atoms with Gasteiger partial charge in [0.1, 0.15) is 0 Å². The lowest BCUT2D eigenvalue weighted by atomic mass is 10.1. The molecule has 0 bridgehead atoms. The summed E-state index contributed by atoms with van der Waals surface area (Å²) in [5, 5.41) is 6.50. The number of carbonyl (C=O) groups excluding carboxylic acids is 1. The van der Waals surface area contributed by atoms with Crippen LogP contribution in [0.15, 0.2) is 29.3 Å². The summed E-state index contributed by atoms with van der Waals surface area (Å²) in [6, 6.07) is 7.78. The molecule has 0 unspecified atom stereocenters. The molecule has 0 radical (unpaired) electrons. The average Bonchev–Trinajstić information content (AvgIpc) is 2.55. The Bertz CT molecular complexity index is 492. The van der Waals surface area contributed by atoms with Gasteiger partial charge in [0.2, 0.25) is 0 Å². The molecular formula is C16H24N4O. The molecule has 0 atom stereocenters. The van der Waals surface area contributed by atoms with E-state index in [0.717, 1.165) is 49.7 Å². The number of hydrogen-bond acceptors (Lipinski definition) is 4. The van der Waals surface area contributed by atoms with Crippen LogP contribution in [0.3, 0.4) is 0 Å². The van der Waals surface area contributed by atoms with Gasteiger partial charge >= 0.3 is 0 Å². The van der Waals surface area contributed by atoms with Gasteiger partial charge in [-0.1, -0.05) is 12.1 Å². The SMILES string of the molecule is CCN(CC)C(=O)c1ccc(CNC2=NCCCN2)cc1. The summed E-state index contributed by atoms with van der Waals surface area (Å²) in [4.78, 5) is 18.4. The van der Waals surface area contributed by atoms with E-state index in [1.54, 1.807) is 0 Å². The molecule has 2 rings (SSSR count). The average molecular weight is 288 g/mol. The smallest absolute Gasteiger partial charge is 0.253 e. The molecule has 1 aromatic rings. The third-order valence-electron chi connectivity index (χ3n) is 3.61. The summed E-state index contributed by atoms with van der Waals surface area (Å²) in [5.41, 5.74) is 1.89. The topological polar surface area (TPSA) is 56.7 Å². The number of amides is 1. The Balaban J connectivity index is 1.92. The molecule has 0 saturated heterocycles. The summed E-state index contributed by atoms with van der Waals surface area (Å²) in [6.45, 7) is 8.05. The molecule has 1 aliphatic heterocycles. The zero-order valence-corrected chi connectivity index (χ0v) is 12.9. The molecule has 0 saturated carbocycles. The maximum atomic E-state index is 12.2. The highest BCUT2D eigenvalue weighted by Gasteiger charge is 2.11. The number of guanidine groups is 1. The van der Waals surface area contributed by atoms with E-state index in [1.807, 2.05) is 43.0 Å². The van der Waals surface area contributed by atoms with Gasteiger partial charge in [-0.15, -0.1) is 0 Å². The Morgan fingerprint density at radius 3 is 2.57 bits per heavy atom. The fraction of sp³-hybridized carbons (Fsp3) is 0.500. The molecule has 1 aliphatic rings. The van der Waals surface area contributed by atoms with E-state index >= 15 is 0 Å². The lowest BCUT2D eigenvalue weighted by Crippen LogP contribution is -2.40. The van der Waals surface area contributed by atoms with E-state index in [4.69, 9.17) is 0 Å². The summed E-state index contributed by atoms with van der Waals surface area (Å²) in [5.74, 6) is 0.961. The Labute approximate surface area is 126 Å². The minimum absolute atomic E-state index is 0.0952. The van der Waals surface area contributed by atoms with Crippen LogP contribution in [0.25, 0.3) is 0 Å². The van der Waals surface area contributed by atoms with Crippen molar-refractivity contribution in [3.05, 3.63) is 35.4 Å². The zero-order chi connectivity index (χ0) is 15.1. The van der Waals surface area contributed by atoms with E-state index in [1.165, 1.54) is 0 Å². The van der Waals surface area contributed by atoms with E-state index < -0.39 is 0 Å². The Morgan fingerprint density at radius 1 is 1.29 bits per heavy atom. The molecule has 21 heavy (non-hydrogen) atoms. The van der Waals surface area contributed by atoms with Crippen LogP contribution in [0.1, 0.15) is 36.2 Å². The maximum Gasteiger partial charge on any atom is 0.253 e. The van der Waals surface area contributed by atoms with Crippen LogP contribution in [0.5, 0.6) is 0 Å². The Morgan fingerprint density at radius 2 is 2.00 bits per heavy atom. The van der Waals surface area contributed by atoms with Crippen molar-refractivity contribution in [3.63, 3.8) is 0 Å². The predicted octanol–water partition coefficient (Wildman–Crippen LogP) is 1.61. The van der Waals surface area contributed by atoms with Gasteiger partial charge in [-0.25, -0.2) is 0 Å². The lowest BCUT2D eigenvalue weighted by Gasteiger charge is -2.19. The highest BCUT2D eigenvalue weighted by Crippen LogP contribution is 2.08. The minimum Gasteiger partial charge on any atom is -0.356 e. The first kappa shape index (κ1) is 15.4. The van der Waals surface area contributed by atoms with Gasteiger partial charge in [-0.2, -0.15) is 0 Å². The molecule has 2 N–H and O–H groups in total. The van der Waals surface area contributed by atoms with Gasteiger partial charge in [0.05, 0.1) is 0 Å². The van der Waals surface area contributed by atoms with Crippen LogP contribution in [0.2, 0.25) is 0 Å². The zero-order valence-electron chi connectivity index (χ0n) is 12.9. The molecule has 0 aliphatic carbocycles. The van der Waals surface area contributed by atoms with Crippen LogP contribution in [0, 0.1) is 0 Å². The van der Waals surface area contributed by atoms with Gasteiger partial charge in [0.15, 0.2) is 5.96 Å². The van der Waals surface area contributed by atoms with Crippen molar-refractivity contribution in [2.75, 3.05) is 26.2 Å². The Hall–Kier alpha value is -2.04. The molecule has 0 fully saturated rings. The molecule has 0 aromatic heterocycles. The normalized spacial score (nSPS) is 14.1. The number of benzene rings is 1. The van der Waals surface area contributed by atoms with Crippen LogP contribution in [0.4, 0.5) is 0 Å². The molecule has 1 heterocycles. The second-order valence-electron chi connectivity index (χ2n) is 5.04. The van der Waals surface area contributed by atoms with Gasteiger partial charge in [-0.3, -0.25) is 9.79 Å². The third-order valence-corrected chi connectivity index (χ3v) is 3.61. The predicted molar refractivity (Wildman–Crippen MR) is 85.5 cm³/mol. The van der Waals surface area contributed by atoms with E-state index in [9.17, 15) is 4.79 Å². The number of nitrogens with one attached hydrogen (secondary N) is 2. The highest BCUT2D eigenvalue weighted by atomic mass is 16.2. The molecule has 114 valence electrons. The summed E-state index contributed by atoms with van der Waals surface area (Å²) >= 11 is 0.